The van der Waals surface area contributed by atoms with Crippen LogP contribution >= 0.6 is 11.8 Å². The van der Waals surface area contributed by atoms with E-state index in [9.17, 15) is 68.4 Å². The van der Waals surface area contributed by atoms with Crippen molar-refractivity contribution in [2.45, 2.75) is 113 Å². The van der Waals surface area contributed by atoms with Crippen molar-refractivity contribution in [1.29, 1.82) is 0 Å². The van der Waals surface area contributed by atoms with Gasteiger partial charge in [0.1, 0.15) is 42.3 Å². The first-order chi connectivity index (χ1) is 39.1. The number of carbonyl (C=O) groups excluding carboxylic acids is 8. The van der Waals surface area contributed by atoms with Crippen molar-refractivity contribution in [2.75, 3.05) is 31.7 Å². The number of amides is 8. The fraction of sp³-hybridized carbons (Fsp3) is 0.426. The Morgan fingerprint density at radius 2 is 1.09 bits per heavy atom. The molecular formula is C54H73N13O14S. The fourth-order valence-electron chi connectivity index (χ4n) is 8.29. The average molecular weight is 1160 g/mol. The highest BCUT2D eigenvalue weighted by molar-refractivity contribution is 7.98. The lowest BCUT2D eigenvalue weighted by Gasteiger charge is -2.28. The second kappa shape index (κ2) is 33.9. The van der Waals surface area contributed by atoms with Gasteiger partial charge in [-0.25, -0.2) is 4.79 Å². The number of H-pyrrole nitrogens is 1. The number of thioether (sulfide) groups is 1. The number of guanidine groups is 1. The van der Waals surface area contributed by atoms with Crippen LogP contribution in [0.1, 0.15) is 55.7 Å². The largest absolute Gasteiger partial charge is 0.481 e. The fourth-order valence-corrected chi connectivity index (χ4v) is 8.76. The second-order valence-corrected chi connectivity index (χ2v) is 20.1. The molecule has 82 heavy (non-hydrogen) atoms. The van der Waals surface area contributed by atoms with Crippen LogP contribution in [0, 0.1) is 0 Å². The van der Waals surface area contributed by atoms with Gasteiger partial charge in [0.2, 0.25) is 47.3 Å². The molecule has 9 atom stereocenters. The maximum absolute atomic E-state index is 14.8. The van der Waals surface area contributed by atoms with E-state index in [0.29, 0.717) is 27.6 Å². The van der Waals surface area contributed by atoms with E-state index in [1.54, 1.807) is 97.4 Å². The number of fused-ring (bicyclic) bond motifs is 1. The summed E-state index contributed by atoms with van der Waals surface area (Å²) in [6.07, 6.45) is 0.115. The van der Waals surface area contributed by atoms with E-state index in [4.69, 9.17) is 17.2 Å². The molecule has 1 aromatic heterocycles. The van der Waals surface area contributed by atoms with Crippen LogP contribution in [0.5, 0.6) is 0 Å². The highest BCUT2D eigenvalue weighted by Gasteiger charge is 2.36. The van der Waals surface area contributed by atoms with Crippen LogP contribution in [0.4, 0.5) is 0 Å². The van der Waals surface area contributed by atoms with Crippen molar-refractivity contribution < 1.29 is 68.4 Å². The van der Waals surface area contributed by atoms with E-state index < -0.39 is 140 Å². The predicted molar refractivity (Wildman–Crippen MR) is 303 cm³/mol. The van der Waals surface area contributed by atoms with Crippen LogP contribution in [0.3, 0.4) is 0 Å². The van der Waals surface area contributed by atoms with Crippen molar-refractivity contribution in [2.24, 2.45) is 22.2 Å². The molecule has 0 saturated heterocycles. The van der Waals surface area contributed by atoms with Gasteiger partial charge in [-0.2, -0.15) is 11.8 Å². The Kier molecular flexibility index (Phi) is 27.2. The molecule has 0 fully saturated rings. The Labute approximate surface area is 476 Å². The Morgan fingerprint density at radius 3 is 1.59 bits per heavy atom. The molecule has 8 amide bonds. The number of hydrogen-bond acceptors (Lipinski definition) is 15. The van der Waals surface area contributed by atoms with Crippen molar-refractivity contribution in [3.63, 3.8) is 0 Å². The van der Waals surface area contributed by atoms with Gasteiger partial charge in [0, 0.05) is 49.3 Å². The smallest absolute Gasteiger partial charge is 0.328 e. The third-order valence-electron chi connectivity index (χ3n) is 12.7. The molecule has 3 aromatic carbocycles. The van der Waals surface area contributed by atoms with Gasteiger partial charge in [0.15, 0.2) is 12.0 Å². The maximum atomic E-state index is 14.8. The Morgan fingerprint density at radius 1 is 0.610 bits per heavy atom. The third kappa shape index (κ3) is 22.1. The summed E-state index contributed by atoms with van der Waals surface area (Å²) in [5, 5.41) is 59.9. The molecule has 1 heterocycles. The van der Waals surface area contributed by atoms with Crippen LogP contribution in [0.25, 0.3) is 10.9 Å². The number of aromatic nitrogens is 1. The molecule has 27 nitrogen and oxygen atoms in total. The predicted octanol–water partition coefficient (Wildman–Crippen LogP) is -2.84. The van der Waals surface area contributed by atoms with E-state index in [0.717, 1.165) is 0 Å². The molecule has 28 heteroatoms. The summed E-state index contributed by atoms with van der Waals surface area (Å²) in [7, 11) is 0. The van der Waals surface area contributed by atoms with Crippen LogP contribution in [0.15, 0.2) is 96.1 Å². The van der Waals surface area contributed by atoms with Crippen molar-refractivity contribution in [3.05, 3.63) is 108 Å². The number of aromatic amines is 1. The highest BCUT2D eigenvalue weighted by atomic mass is 32.2. The number of carbonyl (C=O) groups is 10. The number of nitrogens with one attached hydrogen (secondary N) is 9. The maximum Gasteiger partial charge on any atom is 0.328 e. The highest BCUT2D eigenvalue weighted by Crippen LogP contribution is 2.20. The van der Waals surface area contributed by atoms with E-state index in [1.165, 1.54) is 18.7 Å². The van der Waals surface area contributed by atoms with Gasteiger partial charge in [0.05, 0.1) is 19.3 Å². The number of aliphatic hydroxyl groups is 2. The second-order valence-electron chi connectivity index (χ2n) is 19.1. The minimum Gasteiger partial charge on any atom is -0.481 e. The molecule has 19 N–H and O–H groups in total. The molecule has 444 valence electrons. The van der Waals surface area contributed by atoms with E-state index >= 15 is 0 Å². The van der Waals surface area contributed by atoms with Gasteiger partial charge >= 0.3 is 11.9 Å². The zero-order valence-electron chi connectivity index (χ0n) is 45.3. The Balaban J connectivity index is 1.66. The number of aliphatic carboxylic acids is 2. The van der Waals surface area contributed by atoms with Gasteiger partial charge in [-0.05, 0) is 67.4 Å². The molecule has 0 aliphatic carbocycles. The molecule has 4 rings (SSSR count). The van der Waals surface area contributed by atoms with Crippen molar-refractivity contribution in [3.8, 4) is 0 Å². The number of hydrogen-bond donors (Lipinski definition) is 16. The monoisotopic (exact) mass is 1160 g/mol. The molecule has 0 bridgehead atoms. The summed E-state index contributed by atoms with van der Waals surface area (Å²) >= 11 is 1.31. The summed E-state index contributed by atoms with van der Waals surface area (Å²) < 4.78 is 0. The van der Waals surface area contributed by atoms with Crippen LogP contribution in [-0.2, 0) is 67.2 Å². The quantitative estimate of drug-likeness (QED) is 0.0125. The zero-order valence-corrected chi connectivity index (χ0v) is 46.1. The lowest BCUT2D eigenvalue weighted by Crippen LogP contribution is -2.61. The normalized spacial score (nSPS) is 14.3. The van der Waals surface area contributed by atoms with E-state index in [2.05, 4.69) is 52.5 Å². The standard InChI is InChI=1S/C54H73N13O14S/c1-30(69)45(53(80)81)67-52(79)42(26-33-27-59-36-17-10-9-16-34(33)36)66-51(78)41(25-32-14-7-4-8-15-32)65-50(77)40(24-31-12-5-3-6-13-31)64-48(75)38(19-20-44(71)72)62-49(76)39(21-23-82-2)63-47(74)37(18-11-22-58-54(56)57)61-43(70)28-60-46(73)35(55)29-68/h3-10,12-17,27,30,35,37-42,45,59,68-69H,11,18-26,28-29,55H2,1-2H3,(H,60,73)(H,61,70)(H,62,76)(H,63,74)(H,64,75)(H,65,77)(H,66,78)(H,67,79)(H,71,72)(H,80,81)(H4,56,57,58)/t30-,35+,37+,38+,39+,40+,41+,42+,45+/m1/s1. The Bertz CT molecular complexity index is 2840. The van der Waals surface area contributed by atoms with Gasteiger partial charge in [-0.3, -0.25) is 48.1 Å². The first-order valence-corrected chi connectivity index (χ1v) is 27.6. The van der Waals surface area contributed by atoms with Crippen molar-refractivity contribution in [1.82, 2.24) is 47.5 Å². The summed E-state index contributed by atoms with van der Waals surface area (Å²) in [6, 6.07) is 12.0. The minimum absolute atomic E-state index is 0.0370. The van der Waals surface area contributed by atoms with Gasteiger partial charge in [0.25, 0.3) is 0 Å². The number of rotatable bonds is 35. The number of aliphatic imine (C=N–C) groups is 1. The summed E-state index contributed by atoms with van der Waals surface area (Å²) in [6.45, 7) is -0.129. The molecule has 0 spiro atoms. The van der Waals surface area contributed by atoms with Crippen molar-refractivity contribution >= 4 is 87.8 Å². The molecule has 0 unspecified atom stereocenters. The lowest BCUT2D eigenvalue weighted by atomic mass is 10.00. The lowest BCUT2D eigenvalue weighted by molar-refractivity contribution is -0.145. The number of aliphatic hydroxyl groups excluding tert-OH is 2. The molecule has 0 saturated carbocycles. The topological polar surface area (TPSA) is 454 Å². The minimum atomic E-state index is -1.76. The van der Waals surface area contributed by atoms with Gasteiger partial charge in [-0.15, -0.1) is 0 Å². The average Bonchev–Trinajstić information content (AvgIpc) is 3.98. The molecule has 0 aliphatic rings. The first-order valence-electron chi connectivity index (χ1n) is 26.2. The summed E-state index contributed by atoms with van der Waals surface area (Å²) in [5.74, 6) is -10.2. The number of nitrogens with zero attached hydrogens (tertiary/aromatic N) is 1. The number of carboxylic acid groups (broad SMARTS) is 2. The number of para-hydroxylation sites is 1. The summed E-state index contributed by atoms with van der Waals surface area (Å²) in [5.41, 5.74) is 18.7. The SMILES string of the molecule is CSCC[C@H](NC(=O)[C@H](CCCN=C(N)N)NC(=O)CNC(=O)[C@@H](N)CO)C(=O)N[C@@H](CCC(=O)O)C(=O)N[C@@H](Cc1ccccc1)C(=O)N[C@@H](Cc1ccccc1)C(=O)N[C@@H](Cc1c[nH]c2ccccc12)C(=O)N[C@H](C(=O)O)[C@@H](C)O. The van der Waals surface area contributed by atoms with E-state index in [-0.39, 0.29) is 56.8 Å². The third-order valence-corrected chi connectivity index (χ3v) is 13.3. The first kappa shape index (κ1) is 65.9. The molecule has 0 aliphatic heterocycles. The number of benzene rings is 3. The van der Waals surface area contributed by atoms with Gasteiger partial charge < -0.3 is 85.1 Å². The Hall–Kier alpha value is -8.60. The summed E-state index contributed by atoms with van der Waals surface area (Å²) in [4.78, 5) is 142. The molecule has 4 aromatic rings. The molecular weight excluding hydrogens is 1090 g/mol. The van der Waals surface area contributed by atoms with Crippen LogP contribution in [-0.4, -0.2) is 177 Å². The van der Waals surface area contributed by atoms with E-state index in [1.807, 2.05) is 0 Å². The van der Waals surface area contributed by atoms with Crippen LogP contribution < -0.4 is 59.7 Å². The number of carboxylic acids is 2. The van der Waals surface area contributed by atoms with Gasteiger partial charge in [-0.1, -0.05) is 78.9 Å². The van der Waals surface area contributed by atoms with Crippen LogP contribution in [0.2, 0.25) is 0 Å². The number of nitrogens with two attached hydrogens (primary N) is 3. The molecule has 0 radical (unpaired) electrons. The zero-order chi connectivity index (χ0) is 60.3.